The minimum absolute atomic E-state index is 0.139. The van der Waals surface area contributed by atoms with E-state index in [2.05, 4.69) is 0 Å². The molecule has 0 spiro atoms. The van der Waals surface area contributed by atoms with Gasteiger partial charge in [-0.05, 0) is 18.6 Å². The van der Waals surface area contributed by atoms with Crippen molar-refractivity contribution in [1.29, 1.82) is 5.26 Å². The van der Waals surface area contributed by atoms with E-state index in [1.54, 1.807) is 19.1 Å². The van der Waals surface area contributed by atoms with Gasteiger partial charge in [-0.3, -0.25) is 0 Å². The zero-order chi connectivity index (χ0) is 10.7. The molecule has 1 atom stereocenters. The van der Waals surface area contributed by atoms with E-state index in [1.807, 2.05) is 6.07 Å². The summed E-state index contributed by atoms with van der Waals surface area (Å²) in [6.07, 6.45) is 0. The van der Waals surface area contributed by atoms with Gasteiger partial charge in [-0.2, -0.15) is 5.26 Å². The molecular weight excluding hydrogens is 180 g/mol. The standard InChI is InChI=1S/C10H12N2O2/c1-6-2-7(4-11)10(14)8(3-6)9(12)5-13/h2-3,9,13-14H,5,12H2,1H3. The van der Waals surface area contributed by atoms with Crippen LogP contribution in [0.2, 0.25) is 0 Å². The summed E-state index contributed by atoms with van der Waals surface area (Å²) in [7, 11) is 0. The van der Waals surface area contributed by atoms with Gasteiger partial charge in [0.05, 0.1) is 18.2 Å². The SMILES string of the molecule is Cc1cc(C#N)c(O)c(C(N)CO)c1. The summed E-state index contributed by atoms with van der Waals surface area (Å²) in [5.41, 5.74) is 6.99. The molecule has 1 aromatic rings. The fraction of sp³-hybridized carbons (Fsp3) is 0.300. The number of hydrogen-bond donors (Lipinski definition) is 3. The van der Waals surface area contributed by atoms with Gasteiger partial charge in [-0.1, -0.05) is 6.07 Å². The van der Waals surface area contributed by atoms with Gasteiger partial charge < -0.3 is 15.9 Å². The van der Waals surface area contributed by atoms with Crippen LogP contribution in [0, 0.1) is 18.3 Å². The molecule has 14 heavy (non-hydrogen) atoms. The maximum absolute atomic E-state index is 9.60. The first kappa shape index (κ1) is 10.5. The molecule has 0 aliphatic heterocycles. The average molecular weight is 192 g/mol. The highest BCUT2D eigenvalue weighted by Gasteiger charge is 2.13. The molecule has 1 unspecified atom stereocenters. The molecule has 0 bridgehead atoms. The monoisotopic (exact) mass is 192 g/mol. The fourth-order valence-electron chi connectivity index (χ4n) is 1.27. The lowest BCUT2D eigenvalue weighted by Crippen LogP contribution is -2.15. The Balaban J connectivity index is 3.30. The predicted molar refractivity (Wildman–Crippen MR) is 51.6 cm³/mol. The first-order valence-electron chi connectivity index (χ1n) is 4.20. The van der Waals surface area contributed by atoms with Gasteiger partial charge in [0.15, 0.2) is 0 Å². The van der Waals surface area contributed by atoms with Gasteiger partial charge in [-0.15, -0.1) is 0 Å². The molecule has 1 aromatic carbocycles. The Hall–Kier alpha value is -1.57. The number of aromatic hydroxyl groups is 1. The zero-order valence-electron chi connectivity index (χ0n) is 7.86. The van der Waals surface area contributed by atoms with Crippen molar-refractivity contribution in [2.45, 2.75) is 13.0 Å². The first-order chi connectivity index (χ1) is 6.60. The van der Waals surface area contributed by atoms with Crippen LogP contribution in [0.3, 0.4) is 0 Å². The summed E-state index contributed by atoms with van der Waals surface area (Å²) in [5.74, 6) is -0.139. The summed E-state index contributed by atoms with van der Waals surface area (Å²) in [6, 6.07) is 4.45. The number of nitriles is 1. The van der Waals surface area contributed by atoms with Crippen LogP contribution >= 0.6 is 0 Å². The normalized spacial score (nSPS) is 12.1. The number of hydrogen-bond acceptors (Lipinski definition) is 4. The van der Waals surface area contributed by atoms with Crippen LogP contribution in [0.1, 0.15) is 22.7 Å². The van der Waals surface area contributed by atoms with Crippen molar-refractivity contribution in [1.82, 2.24) is 0 Å². The molecule has 0 aliphatic rings. The molecule has 0 aromatic heterocycles. The van der Waals surface area contributed by atoms with E-state index < -0.39 is 6.04 Å². The van der Waals surface area contributed by atoms with Crippen molar-refractivity contribution in [2.75, 3.05) is 6.61 Å². The Kier molecular flexibility index (Phi) is 3.07. The van der Waals surface area contributed by atoms with Crippen LogP contribution in [0.4, 0.5) is 0 Å². The first-order valence-corrected chi connectivity index (χ1v) is 4.20. The Bertz CT molecular complexity index is 382. The van der Waals surface area contributed by atoms with Crippen LogP contribution in [-0.4, -0.2) is 16.8 Å². The Morgan fingerprint density at radius 1 is 1.57 bits per heavy atom. The highest BCUT2D eigenvalue weighted by molar-refractivity contribution is 5.50. The minimum Gasteiger partial charge on any atom is -0.506 e. The van der Waals surface area contributed by atoms with E-state index in [9.17, 15) is 5.11 Å². The number of nitrogens with two attached hydrogens (primary N) is 1. The Labute approximate surface area is 82.2 Å². The van der Waals surface area contributed by atoms with E-state index in [0.29, 0.717) is 5.56 Å². The largest absolute Gasteiger partial charge is 0.506 e. The molecule has 0 radical (unpaired) electrons. The maximum Gasteiger partial charge on any atom is 0.138 e. The van der Waals surface area contributed by atoms with Crippen molar-refractivity contribution in [3.63, 3.8) is 0 Å². The highest BCUT2D eigenvalue weighted by Crippen LogP contribution is 2.27. The molecule has 4 heteroatoms. The molecule has 4 N–H and O–H groups in total. The fourth-order valence-corrected chi connectivity index (χ4v) is 1.27. The zero-order valence-corrected chi connectivity index (χ0v) is 7.86. The summed E-state index contributed by atoms with van der Waals surface area (Å²) in [6.45, 7) is 1.54. The number of aliphatic hydroxyl groups excluding tert-OH is 1. The number of nitrogens with zero attached hydrogens (tertiary/aromatic N) is 1. The molecule has 0 saturated heterocycles. The third kappa shape index (κ3) is 1.84. The van der Waals surface area contributed by atoms with E-state index in [-0.39, 0.29) is 17.9 Å². The van der Waals surface area contributed by atoms with Gasteiger partial charge in [0.1, 0.15) is 11.8 Å². The third-order valence-corrected chi connectivity index (χ3v) is 2.00. The lowest BCUT2D eigenvalue weighted by atomic mass is 10.0. The molecule has 74 valence electrons. The third-order valence-electron chi connectivity index (χ3n) is 2.00. The van der Waals surface area contributed by atoms with E-state index in [4.69, 9.17) is 16.1 Å². The minimum atomic E-state index is -0.651. The highest BCUT2D eigenvalue weighted by atomic mass is 16.3. The summed E-state index contributed by atoms with van der Waals surface area (Å²) in [5, 5.41) is 27.2. The van der Waals surface area contributed by atoms with E-state index in [1.165, 1.54) is 0 Å². The Morgan fingerprint density at radius 2 is 2.21 bits per heavy atom. The molecular formula is C10H12N2O2. The van der Waals surface area contributed by atoms with Crippen molar-refractivity contribution in [3.05, 3.63) is 28.8 Å². The summed E-state index contributed by atoms with van der Waals surface area (Å²) >= 11 is 0. The second-order valence-corrected chi connectivity index (χ2v) is 3.15. The average Bonchev–Trinajstić information content (AvgIpc) is 2.19. The number of aryl methyl sites for hydroxylation is 1. The number of benzene rings is 1. The molecule has 1 rings (SSSR count). The lowest BCUT2D eigenvalue weighted by molar-refractivity contribution is 0.265. The summed E-state index contributed by atoms with van der Waals surface area (Å²) < 4.78 is 0. The van der Waals surface area contributed by atoms with Crippen molar-refractivity contribution >= 4 is 0 Å². The molecule has 4 nitrogen and oxygen atoms in total. The number of phenolic OH excluding ortho intramolecular Hbond substituents is 1. The van der Waals surface area contributed by atoms with Crippen molar-refractivity contribution in [3.8, 4) is 11.8 Å². The second-order valence-electron chi connectivity index (χ2n) is 3.15. The van der Waals surface area contributed by atoms with Crippen molar-refractivity contribution in [2.24, 2.45) is 5.73 Å². The number of rotatable bonds is 2. The molecule has 0 saturated carbocycles. The van der Waals surface area contributed by atoms with Crippen LogP contribution in [0.15, 0.2) is 12.1 Å². The Morgan fingerprint density at radius 3 is 2.71 bits per heavy atom. The molecule has 0 amide bonds. The second kappa shape index (κ2) is 4.09. The van der Waals surface area contributed by atoms with Gasteiger partial charge in [0.25, 0.3) is 0 Å². The lowest BCUT2D eigenvalue weighted by Gasteiger charge is -2.12. The topological polar surface area (TPSA) is 90.3 Å². The van der Waals surface area contributed by atoms with Gasteiger partial charge in [0.2, 0.25) is 0 Å². The quantitative estimate of drug-likeness (QED) is 0.638. The predicted octanol–water partition coefficient (Wildman–Crippen LogP) is 0.564. The van der Waals surface area contributed by atoms with Crippen LogP contribution < -0.4 is 5.73 Å². The molecule has 0 aliphatic carbocycles. The van der Waals surface area contributed by atoms with Gasteiger partial charge in [-0.25, -0.2) is 0 Å². The number of phenols is 1. The van der Waals surface area contributed by atoms with Gasteiger partial charge in [0, 0.05) is 5.56 Å². The van der Waals surface area contributed by atoms with Crippen LogP contribution in [-0.2, 0) is 0 Å². The van der Waals surface area contributed by atoms with Crippen LogP contribution in [0.25, 0.3) is 0 Å². The molecule has 0 fully saturated rings. The number of aliphatic hydroxyl groups is 1. The maximum atomic E-state index is 9.60. The van der Waals surface area contributed by atoms with E-state index in [0.717, 1.165) is 5.56 Å². The molecule has 0 heterocycles. The van der Waals surface area contributed by atoms with Crippen LogP contribution in [0.5, 0.6) is 5.75 Å². The van der Waals surface area contributed by atoms with E-state index >= 15 is 0 Å². The summed E-state index contributed by atoms with van der Waals surface area (Å²) in [4.78, 5) is 0. The smallest absolute Gasteiger partial charge is 0.138 e. The van der Waals surface area contributed by atoms with Crippen molar-refractivity contribution < 1.29 is 10.2 Å². The van der Waals surface area contributed by atoms with Gasteiger partial charge >= 0.3 is 0 Å².